The summed E-state index contributed by atoms with van der Waals surface area (Å²) in [5, 5.41) is 0. The van der Waals surface area contributed by atoms with Crippen LogP contribution in [0.3, 0.4) is 0 Å². The molecule has 6 nitrogen and oxygen atoms in total. The highest BCUT2D eigenvalue weighted by Gasteiger charge is 2.53. The molecular formula is C28H40N2O4. The molecule has 0 aliphatic carbocycles. The van der Waals surface area contributed by atoms with Gasteiger partial charge < -0.3 is 19.1 Å². The number of likely N-dealkylation sites (tertiary alicyclic amines) is 2. The van der Waals surface area contributed by atoms with Crippen molar-refractivity contribution in [2.75, 3.05) is 46.0 Å². The molecular weight excluding hydrogens is 428 g/mol. The van der Waals surface area contributed by atoms with Crippen LogP contribution in [0.4, 0.5) is 4.79 Å². The number of hydrogen-bond acceptors (Lipinski definition) is 5. The molecule has 4 aliphatic heterocycles. The van der Waals surface area contributed by atoms with Crippen LogP contribution in [0.1, 0.15) is 69.9 Å². The van der Waals surface area contributed by atoms with Gasteiger partial charge in [0.25, 0.3) is 0 Å². The van der Waals surface area contributed by atoms with Crippen LogP contribution >= 0.6 is 0 Å². The fourth-order valence-corrected chi connectivity index (χ4v) is 5.97. The minimum atomic E-state index is -0.455. The molecule has 5 rings (SSSR count). The second kappa shape index (κ2) is 9.63. The van der Waals surface area contributed by atoms with Crippen molar-refractivity contribution in [3.05, 3.63) is 41.0 Å². The van der Waals surface area contributed by atoms with Crippen molar-refractivity contribution in [3.63, 3.8) is 0 Å². The Bertz CT molecular complexity index is 899. The minimum Gasteiger partial charge on any atom is -0.444 e. The van der Waals surface area contributed by atoms with Crippen LogP contribution < -0.4 is 0 Å². The maximum Gasteiger partial charge on any atom is 0.410 e. The number of piperidine rings is 1. The highest BCUT2D eigenvalue weighted by atomic mass is 16.6. The molecule has 0 unspecified atom stereocenters. The molecule has 1 aromatic rings. The number of ether oxygens (including phenoxy) is 3. The van der Waals surface area contributed by atoms with E-state index in [9.17, 15) is 4.79 Å². The van der Waals surface area contributed by atoms with Gasteiger partial charge in [0.2, 0.25) is 0 Å². The van der Waals surface area contributed by atoms with Gasteiger partial charge in [0.1, 0.15) is 11.2 Å². The highest BCUT2D eigenvalue weighted by molar-refractivity contribution is 5.69. The first kappa shape index (κ1) is 23.8. The lowest BCUT2D eigenvalue weighted by molar-refractivity contribution is -0.109. The average Bonchev–Trinajstić information content (AvgIpc) is 3.24. The Morgan fingerprint density at radius 3 is 2.53 bits per heavy atom. The fraction of sp³-hybridized carbons (Fsp3) is 0.679. The van der Waals surface area contributed by atoms with Crippen molar-refractivity contribution >= 4 is 12.2 Å². The molecule has 4 aliphatic rings. The third kappa shape index (κ3) is 5.34. The quantitative estimate of drug-likeness (QED) is 0.636. The summed E-state index contributed by atoms with van der Waals surface area (Å²) in [7, 11) is 0. The van der Waals surface area contributed by atoms with Crippen LogP contribution in [0.25, 0.3) is 6.08 Å². The van der Waals surface area contributed by atoms with Gasteiger partial charge in [-0.1, -0.05) is 35.9 Å². The molecule has 0 bridgehead atoms. The van der Waals surface area contributed by atoms with Gasteiger partial charge in [0.05, 0.1) is 32.9 Å². The number of nitrogens with zero attached hydrogens (tertiary/aromatic N) is 2. The number of carbonyl (C=O) groups excluding carboxylic acids is 1. The average molecular weight is 469 g/mol. The predicted octanol–water partition coefficient (Wildman–Crippen LogP) is 4.84. The van der Waals surface area contributed by atoms with Gasteiger partial charge in [-0.25, -0.2) is 4.79 Å². The standard InChI is InChI=1S/C28H40N2O4/c1-27(2,3)34-26(31)30-19-28(20-30)17-24(18-33-28)29-12-8-22(9-13-29)25-7-5-4-6-23(25)16-21-10-14-32-15-11-21/h4-7,16,22,24H,8-15,17-20H2,1-3H3/t24-/m0/s1. The summed E-state index contributed by atoms with van der Waals surface area (Å²) in [5.74, 6) is 0.617. The minimum absolute atomic E-state index is 0.166. The zero-order valence-electron chi connectivity index (χ0n) is 21.1. The fourth-order valence-electron chi connectivity index (χ4n) is 5.97. The smallest absolute Gasteiger partial charge is 0.410 e. The summed E-state index contributed by atoms with van der Waals surface area (Å²) >= 11 is 0. The Morgan fingerprint density at radius 2 is 1.82 bits per heavy atom. The van der Waals surface area contributed by atoms with Gasteiger partial charge in [0, 0.05) is 6.04 Å². The van der Waals surface area contributed by atoms with Gasteiger partial charge in [-0.15, -0.1) is 0 Å². The topological polar surface area (TPSA) is 51.2 Å². The van der Waals surface area contributed by atoms with Crippen LogP contribution in [-0.2, 0) is 14.2 Å². The van der Waals surface area contributed by atoms with Gasteiger partial charge in [-0.2, -0.15) is 0 Å². The van der Waals surface area contributed by atoms with Crippen molar-refractivity contribution in [2.45, 2.75) is 76.0 Å². The molecule has 1 aromatic carbocycles. The maximum atomic E-state index is 12.3. The van der Waals surface area contributed by atoms with E-state index in [1.54, 1.807) is 4.90 Å². The van der Waals surface area contributed by atoms with E-state index in [1.807, 2.05) is 20.8 Å². The molecule has 4 saturated heterocycles. The summed E-state index contributed by atoms with van der Waals surface area (Å²) in [4.78, 5) is 16.7. The number of benzene rings is 1. The molecule has 0 radical (unpaired) electrons. The second-order valence-corrected chi connectivity index (χ2v) is 11.5. The van der Waals surface area contributed by atoms with Crippen molar-refractivity contribution in [1.82, 2.24) is 9.80 Å². The molecule has 1 amide bonds. The zero-order chi connectivity index (χ0) is 23.8. The number of carbonyl (C=O) groups is 1. The predicted molar refractivity (Wildman–Crippen MR) is 133 cm³/mol. The summed E-state index contributed by atoms with van der Waals surface area (Å²) < 4.78 is 17.3. The second-order valence-electron chi connectivity index (χ2n) is 11.5. The van der Waals surface area contributed by atoms with E-state index < -0.39 is 5.60 Å². The van der Waals surface area contributed by atoms with E-state index >= 15 is 0 Å². The lowest BCUT2D eigenvalue weighted by Gasteiger charge is -2.47. The molecule has 4 heterocycles. The van der Waals surface area contributed by atoms with E-state index in [0.29, 0.717) is 25.0 Å². The molecule has 186 valence electrons. The SMILES string of the molecule is CC(C)(C)OC(=O)N1CC2(C[C@H](N3CCC(c4ccccc4C=C4CCOCC4)CC3)CO2)C1. The zero-order valence-corrected chi connectivity index (χ0v) is 21.1. The van der Waals surface area contributed by atoms with Crippen LogP contribution in [0.15, 0.2) is 29.8 Å². The Labute approximate surface area is 204 Å². The van der Waals surface area contributed by atoms with E-state index in [0.717, 1.165) is 52.2 Å². The van der Waals surface area contributed by atoms with Crippen LogP contribution in [0.2, 0.25) is 0 Å². The van der Waals surface area contributed by atoms with Crippen molar-refractivity contribution < 1.29 is 19.0 Å². The van der Waals surface area contributed by atoms with Gasteiger partial charge in [-0.3, -0.25) is 4.90 Å². The molecule has 0 N–H and O–H groups in total. The Balaban J connectivity index is 1.14. The van der Waals surface area contributed by atoms with Crippen molar-refractivity contribution in [1.29, 1.82) is 0 Å². The third-order valence-electron chi connectivity index (χ3n) is 7.78. The number of hydrogen-bond donors (Lipinski definition) is 0. The van der Waals surface area contributed by atoms with Crippen LogP contribution in [-0.4, -0.2) is 79.1 Å². The summed E-state index contributed by atoms with van der Waals surface area (Å²) in [5.41, 5.74) is 3.81. The van der Waals surface area contributed by atoms with E-state index in [2.05, 4.69) is 35.2 Å². The molecule has 0 saturated carbocycles. The first-order chi connectivity index (χ1) is 16.3. The number of rotatable bonds is 3. The lowest BCUT2D eigenvalue weighted by atomic mass is 9.84. The maximum absolute atomic E-state index is 12.3. The lowest BCUT2D eigenvalue weighted by Crippen LogP contribution is -2.64. The first-order valence-corrected chi connectivity index (χ1v) is 13.0. The summed E-state index contributed by atoms with van der Waals surface area (Å²) in [6.07, 6.45) is 7.71. The summed E-state index contributed by atoms with van der Waals surface area (Å²) in [6.45, 7) is 11.7. The van der Waals surface area contributed by atoms with Crippen LogP contribution in [0, 0.1) is 0 Å². The van der Waals surface area contributed by atoms with Crippen LogP contribution in [0.5, 0.6) is 0 Å². The molecule has 6 heteroatoms. The first-order valence-electron chi connectivity index (χ1n) is 13.0. The van der Waals surface area contributed by atoms with Gasteiger partial charge in [0.15, 0.2) is 0 Å². The van der Waals surface area contributed by atoms with E-state index in [-0.39, 0.29) is 11.7 Å². The van der Waals surface area contributed by atoms with Gasteiger partial charge in [-0.05, 0) is 83.0 Å². The Kier molecular flexibility index (Phi) is 6.75. The third-order valence-corrected chi connectivity index (χ3v) is 7.78. The van der Waals surface area contributed by atoms with E-state index in [1.165, 1.54) is 29.5 Å². The molecule has 4 fully saturated rings. The largest absolute Gasteiger partial charge is 0.444 e. The van der Waals surface area contributed by atoms with E-state index in [4.69, 9.17) is 14.2 Å². The number of amides is 1. The molecule has 1 spiro atoms. The van der Waals surface area contributed by atoms with Gasteiger partial charge >= 0.3 is 6.09 Å². The van der Waals surface area contributed by atoms with Crippen molar-refractivity contribution in [2.24, 2.45) is 0 Å². The Hall–Kier alpha value is -1.89. The highest BCUT2D eigenvalue weighted by Crippen LogP contribution is 2.40. The summed E-state index contributed by atoms with van der Waals surface area (Å²) in [6, 6.07) is 9.43. The monoisotopic (exact) mass is 468 g/mol. The Morgan fingerprint density at radius 1 is 1.12 bits per heavy atom. The molecule has 1 atom stereocenters. The molecule has 0 aromatic heterocycles. The van der Waals surface area contributed by atoms with Crippen molar-refractivity contribution in [3.8, 4) is 0 Å². The molecule has 34 heavy (non-hydrogen) atoms. The normalized spacial score (nSPS) is 25.9.